The van der Waals surface area contributed by atoms with Gasteiger partial charge in [-0.05, 0) is 11.4 Å². The maximum atomic E-state index is 12.7. The van der Waals surface area contributed by atoms with Gasteiger partial charge in [-0.15, -0.1) is 23.1 Å². The number of carbonyl (C=O) groups excluding carboxylic acids is 3. The standard InChI is InChI=1S/C18H16N4O5S3/c1-8(23)20-18-19-6-11(30-18)10-7-29-16-13(15(25)22(16)14(10)17(26)27)21-12(24)5-9-3-2-4-28-9/h2-4,6,13,16H,5,7H2,1H3,(H,21,24)(H,26,27)(H,19,20,23). The zero-order valence-corrected chi connectivity index (χ0v) is 18.0. The number of anilines is 1. The van der Waals surface area contributed by atoms with Gasteiger partial charge in [0.1, 0.15) is 17.1 Å². The number of aromatic nitrogens is 1. The lowest BCUT2D eigenvalue weighted by Gasteiger charge is -2.49. The van der Waals surface area contributed by atoms with Gasteiger partial charge in [-0.2, -0.15) is 0 Å². The van der Waals surface area contributed by atoms with E-state index in [1.54, 1.807) is 0 Å². The van der Waals surface area contributed by atoms with Gasteiger partial charge in [0.15, 0.2) is 5.13 Å². The Morgan fingerprint density at radius 3 is 2.83 bits per heavy atom. The van der Waals surface area contributed by atoms with Crippen LogP contribution in [-0.2, 0) is 25.6 Å². The molecule has 2 unspecified atom stereocenters. The third kappa shape index (κ3) is 3.85. The minimum atomic E-state index is -1.22. The maximum Gasteiger partial charge on any atom is 0.353 e. The average molecular weight is 465 g/mol. The molecule has 156 valence electrons. The highest BCUT2D eigenvalue weighted by atomic mass is 32.2. The molecule has 4 heterocycles. The number of rotatable bonds is 6. The number of thioether (sulfide) groups is 1. The van der Waals surface area contributed by atoms with Gasteiger partial charge >= 0.3 is 5.97 Å². The average Bonchev–Trinajstić information content (AvgIpc) is 3.36. The number of nitrogens with zero attached hydrogens (tertiary/aromatic N) is 2. The van der Waals surface area contributed by atoms with Gasteiger partial charge < -0.3 is 15.7 Å². The molecule has 3 amide bonds. The Morgan fingerprint density at radius 2 is 2.17 bits per heavy atom. The summed E-state index contributed by atoms with van der Waals surface area (Å²) in [6, 6.07) is 2.94. The topological polar surface area (TPSA) is 129 Å². The first-order chi connectivity index (χ1) is 14.3. The van der Waals surface area contributed by atoms with E-state index in [-0.39, 0.29) is 23.9 Å². The second kappa shape index (κ2) is 8.20. The third-order valence-corrected chi connectivity index (χ3v) is 7.62. The van der Waals surface area contributed by atoms with Crippen molar-refractivity contribution in [2.24, 2.45) is 0 Å². The summed E-state index contributed by atoms with van der Waals surface area (Å²) < 4.78 is 0. The summed E-state index contributed by atoms with van der Waals surface area (Å²) in [7, 11) is 0. The Balaban J connectivity index is 1.53. The molecule has 3 N–H and O–H groups in total. The first-order valence-corrected chi connectivity index (χ1v) is 11.6. The third-order valence-electron chi connectivity index (χ3n) is 4.49. The normalized spacial score (nSPS) is 20.4. The number of nitrogens with one attached hydrogen (secondary N) is 2. The Bertz CT molecular complexity index is 1060. The fourth-order valence-corrected chi connectivity index (χ4v) is 6.29. The van der Waals surface area contributed by atoms with Crippen molar-refractivity contribution in [3.8, 4) is 0 Å². The number of thiophene rings is 1. The van der Waals surface area contributed by atoms with Crippen molar-refractivity contribution in [2.45, 2.75) is 24.8 Å². The molecule has 0 saturated carbocycles. The number of aliphatic carboxylic acids is 1. The second-order valence-electron chi connectivity index (χ2n) is 6.55. The largest absolute Gasteiger partial charge is 0.477 e. The van der Waals surface area contributed by atoms with Gasteiger partial charge in [-0.3, -0.25) is 19.3 Å². The van der Waals surface area contributed by atoms with E-state index in [9.17, 15) is 24.3 Å². The highest BCUT2D eigenvalue weighted by Crippen LogP contribution is 2.44. The summed E-state index contributed by atoms with van der Waals surface area (Å²) in [6.07, 6.45) is 1.66. The van der Waals surface area contributed by atoms with Crippen molar-refractivity contribution in [3.63, 3.8) is 0 Å². The number of hydrogen-bond acceptors (Lipinski definition) is 8. The molecule has 2 aromatic heterocycles. The van der Waals surface area contributed by atoms with Crippen molar-refractivity contribution in [2.75, 3.05) is 11.1 Å². The first-order valence-electron chi connectivity index (χ1n) is 8.82. The summed E-state index contributed by atoms with van der Waals surface area (Å²) in [5.74, 6) is -1.88. The molecule has 0 bridgehead atoms. The maximum absolute atomic E-state index is 12.7. The van der Waals surface area contributed by atoms with Gasteiger partial charge in [-0.25, -0.2) is 9.78 Å². The van der Waals surface area contributed by atoms with E-state index in [1.807, 2.05) is 17.5 Å². The Hall–Kier alpha value is -2.70. The summed E-state index contributed by atoms with van der Waals surface area (Å²) >= 11 is 3.99. The number of thiazole rings is 1. The summed E-state index contributed by atoms with van der Waals surface area (Å²) in [4.78, 5) is 54.9. The molecule has 0 aromatic carbocycles. The number of carbonyl (C=O) groups is 4. The van der Waals surface area contributed by atoms with E-state index in [2.05, 4.69) is 15.6 Å². The van der Waals surface area contributed by atoms with Gasteiger partial charge in [0.25, 0.3) is 5.91 Å². The highest BCUT2D eigenvalue weighted by Gasteiger charge is 2.54. The van der Waals surface area contributed by atoms with E-state index in [4.69, 9.17) is 0 Å². The molecule has 0 spiro atoms. The van der Waals surface area contributed by atoms with Crippen LogP contribution in [0, 0.1) is 0 Å². The van der Waals surface area contributed by atoms with Crippen LogP contribution in [0.3, 0.4) is 0 Å². The number of β-lactam (4-membered cyclic amide) rings is 1. The van der Waals surface area contributed by atoms with Crippen LogP contribution in [0.4, 0.5) is 5.13 Å². The molecule has 0 aliphatic carbocycles. The van der Waals surface area contributed by atoms with Crippen LogP contribution in [0.15, 0.2) is 29.4 Å². The van der Waals surface area contributed by atoms with Crippen LogP contribution in [0.2, 0.25) is 0 Å². The van der Waals surface area contributed by atoms with Crippen molar-refractivity contribution in [1.82, 2.24) is 15.2 Å². The van der Waals surface area contributed by atoms with Crippen LogP contribution in [0.1, 0.15) is 16.7 Å². The van der Waals surface area contributed by atoms with Crippen molar-refractivity contribution < 1.29 is 24.3 Å². The van der Waals surface area contributed by atoms with Crippen LogP contribution in [0.5, 0.6) is 0 Å². The van der Waals surface area contributed by atoms with E-state index in [0.717, 1.165) is 16.2 Å². The van der Waals surface area contributed by atoms with Crippen molar-refractivity contribution in [1.29, 1.82) is 0 Å². The smallest absolute Gasteiger partial charge is 0.353 e. The second-order valence-corrected chi connectivity index (χ2v) is 9.72. The number of carboxylic acids is 1. The summed E-state index contributed by atoms with van der Waals surface area (Å²) in [5, 5.41) is 16.8. The number of carboxylic acid groups (broad SMARTS) is 1. The lowest BCUT2D eigenvalue weighted by Crippen LogP contribution is -2.70. The van der Waals surface area contributed by atoms with Crippen LogP contribution in [0.25, 0.3) is 5.57 Å². The predicted octanol–water partition coefficient (Wildman–Crippen LogP) is 1.60. The Kier molecular flexibility index (Phi) is 5.62. The fourth-order valence-electron chi connectivity index (χ4n) is 3.23. The number of hydrogen-bond donors (Lipinski definition) is 3. The molecule has 2 aliphatic rings. The van der Waals surface area contributed by atoms with Gasteiger partial charge in [0.2, 0.25) is 11.8 Å². The van der Waals surface area contributed by atoms with Gasteiger partial charge in [0.05, 0.1) is 11.3 Å². The quantitative estimate of drug-likeness (QED) is 0.554. The Morgan fingerprint density at radius 1 is 1.37 bits per heavy atom. The van der Waals surface area contributed by atoms with Gasteiger partial charge in [-0.1, -0.05) is 17.4 Å². The van der Waals surface area contributed by atoms with E-state index in [0.29, 0.717) is 21.3 Å². The summed E-state index contributed by atoms with van der Waals surface area (Å²) in [5.41, 5.74) is 0.361. The summed E-state index contributed by atoms with van der Waals surface area (Å²) in [6.45, 7) is 1.36. The monoisotopic (exact) mass is 464 g/mol. The van der Waals surface area contributed by atoms with E-state index < -0.39 is 23.3 Å². The molecule has 9 nitrogen and oxygen atoms in total. The van der Waals surface area contributed by atoms with Gasteiger partial charge in [0, 0.05) is 29.3 Å². The molecular formula is C18H16N4O5S3. The first kappa shape index (κ1) is 20.6. The fraction of sp³-hybridized carbons (Fsp3) is 0.278. The predicted molar refractivity (Wildman–Crippen MR) is 114 cm³/mol. The highest BCUT2D eigenvalue weighted by molar-refractivity contribution is 8.00. The van der Waals surface area contributed by atoms with E-state index >= 15 is 0 Å². The molecule has 4 rings (SSSR count). The number of fused-ring (bicyclic) bond motifs is 1. The van der Waals surface area contributed by atoms with Crippen LogP contribution in [-0.4, -0.2) is 55.8 Å². The number of amides is 3. The molecule has 30 heavy (non-hydrogen) atoms. The lowest BCUT2D eigenvalue weighted by atomic mass is 10.0. The Labute approximate surface area is 183 Å². The lowest BCUT2D eigenvalue weighted by molar-refractivity contribution is -0.150. The molecule has 12 heteroatoms. The molecule has 2 aliphatic heterocycles. The SMILES string of the molecule is CC(=O)Nc1ncc(C2=C(C(=O)O)N3C(=O)C(NC(=O)Cc4cccs4)C3SC2)s1. The molecule has 2 aromatic rings. The van der Waals surface area contributed by atoms with Crippen molar-refractivity contribution in [3.05, 3.63) is 39.2 Å². The molecule has 1 fully saturated rings. The molecule has 0 radical (unpaired) electrons. The van der Waals surface area contributed by atoms with Crippen LogP contribution < -0.4 is 10.6 Å². The zero-order valence-electron chi connectivity index (χ0n) is 15.6. The minimum Gasteiger partial charge on any atom is -0.477 e. The van der Waals surface area contributed by atoms with E-state index in [1.165, 1.54) is 41.1 Å². The van der Waals surface area contributed by atoms with Crippen LogP contribution >= 0.6 is 34.4 Å². The zero-order chi connectivity index (χ0) is 21.4. The molecule has 1 saturated heterocycles. The molecule has 2 atom stereocenters. The molecular weight excluding hydrogens is 448 g/mol. The minimum absolute atomic E-state index is 0.106. The van der Waals surface area contributed by atoms with Crippen molar-refractivity contribution >= 4 is 68.8 Å².